The van der Waals surface area contributed by atoms with E-state index < -0.39 is 0 Å². The molecule has 0 radical (unpaired) electrons. The third-order valence-corrected chi connectivity index (χ3v) is 3.54. The quantitative estimate of drug-likeness (QED) is 0.829. The molecule has 2 nitrogen and oxygen atoms in total. The largest absolute Gasteiger partial charge is 0.506 e. The molecule has 1 N–H and O–H groups in total. The maximum Gasteiger partial charge on any atom is 0.138 e. The van der Waals surface area contributed by atoms with Crippen LogP contribution >= 0.6 is 12.4 Å². The smallest absolute Gasteiger partial charge is 0.138 e. The van der Waals surface area contributed by atoms with E-state index in [9.17, 15) is 5.11 Å². The van der Waals surface area contributed by atoms with E-state index in [1.54, 1.807) is 6.07 Å². The summed E-state index contributed by atoms with van der Waals surface area (Å²) in [5, 5.41) is 10.1. The summed E-state index contributed by atoms with van der Waals surface area (Å²) in [6.07, 6.45) is 0. The molecule has 0 heterocycles. The highest BCUT2D eigenvalue weighted by molar-refractivity contribution is 5.85. The van der Waals surface area contributed by atoms with Gasteiger partial charge in [-0.2, -0.15) is 0 Å². The summed E-state index contributed by atoms with van der Waals surface area (Å²) in [5.41, 5.74) is 2.34. The number of aromatic hydroxyl groups is 1. The fraction of sp³-hybridized carbons (Fsp3) is 0.647. The lowest BCUT2D eigenvalue weighted by molar-refractivity contribution is 0.173. The van der Waals surface area contributed by atoms with Crippen LogP contribution in [0.2, 0.25) is 0 Å². The average Bonchev–Trinajstić information content (AvgIpc) is 2.17. The lowest BCUT2D eigenvalue weighted by atomic mass is 9.71. The first-order chi connectivity index (χ1) is 8.44. The summed E-state index contributed by atoms with van der Waals surface area (Å²) in [4.78, 5) is 2.22. The molecule has 0 spiro atoms. The summed E-state index contributed by atoms with van der Waals surface area (Å²) < 4.78 is 0. The summed E-state index contributed by atoms with van der Waals surface area (Å²) in [7, 11) is 2.08. The fourth-order valence-corrected chi connectivity index (χ4v) is 3.52. The van der Waals surface area contributed by atoms with E-state index in [0.717, 1.165) is 5.69 Å². The number of nitrogens with zero attached hydrogens (tertiary/aromatic N) is 1. The van der Waals surface area contributed by atoms with Gasteiger partial charge in [0.15, 0.2) is 0 Å². The van der Waals surface area contributed by atoms with Crippen molar-refractivity contribution in [3.63, 3.8) is 0 Å². The van der Waals surface area contributed by atoms with Crippen LogP contribution in [-0.4, -0.2) is 18.2 Å². The Morgan fingerprint density at radius 2 is 1.45 bits per heavy atom. The van der Waals surface area contributed by atoms with Crippen molar-refractivity contribution in [1.82, 2.24) is 0 Å². The maximum absolute atomic E-state index is 10.1. The standard InChI is InChI=1S/C17H29NO.ClH/c1-12-9-10-14(19)13(11-12)18(8)15(16(2,3)4)17(5,6)7;/h9-11,15,19H,1-8H3;1H. The number of anilines is 1. The van der Waals surface area contributed by atoms with Gasteiger partial charge < -0.3 is 10.0 Å². The van der Waals surface area contributed by atoms with Crippen LogP contribution in [0.25, 0.3) is 0 Å². The number of phenols is 1. The molecule has 3 heteroatoms. The zero-order valence-electron chi connectivity index (χ0n) is 14.1. The predicted molar refractivity (Wildman–Crippen MR) is 91.2 cm³/mol. The lowest BCUT2D eigenvalue weighted by Crippen LogP contribution is -2.50. The molecule has 0 atom stereocenters. The van der Waals surface area contributed by atoms with Crippen LogP contribution in [0.1, 0.15) is 47.1 Å². The first-order valence-electron chi connectivity index (χ1n) is 6.97. The van der Waals surface area contributed by atoms with Crippen molar-refractivity contribution in [3.05, 3.63) is 23.8 Å². The third kappa shape index (κ3) is 4.31. The van der Waals surface area contributed by atoms with Crippen LogP contribution in [0.15, 0.2) is 18.2 Å². The number of phenolic OH excluding ortho intramolecular Hbond substituents is 1. The molecule has 116 valence electrons. The van der Waals surface area contributed by atoms with Crippen LogP contribution in [-0.2, 0) is 0 Å². The molecule has 0 unspecified atom stereocenters. The highest BCUT2D eigenvalue weighted by Gasteiger charge is 2.38. The lowest BCUT2D eigenvalue weighted by Gasteiger charge is -2.47. The molecule has 0 bridgehead atoms. The van der Waals surface area contributed by atoms with Gasteiger partial charge in [-0.3, -0.25) is 0 Å². The molecule has 0 aliphatic carbocycles. The van der Waals surface area contributed by atoms with Crippen molar-refractivity contribution in [1.29, 1.82) is 0 Å². The number of halogens is 1. The van der Waals surface area contributed by atoms with Gasteiger partial charge >= 0.3 is 0 Å². The van der Waals surface area contributed by atoms with Crippen molar-refractivity contribution in [3.8, 4) is 5.75 Å². The monoisotopic (exact) mass is 299 g/mol. The topological polar surface area (TPSA) is 23.5 Å². The van der Waals surface area contributed by atoms with Crippen LogP contribution in [0.4, 0.5) is 5.69 Å². The van der Waals surface area contributed by atoms with Crippen molar-refractivity contribution in [2.45, 2.75) is 54.5 Å². The Bertz CT molecular complexity index is 429. The van der Waals surface area contributed by atoms with E-state index in [4.69, 9.17) is 0 Å². The van der Waals surface area contributed by atoms with E-state index in [-0.39, 0.29) is 23.2 Å². The number of aryl methyl sites for hydroxylation is 1. The van der Waals surface area contributed by atoms with E-state index in [1.165, 1.54) is 5.56 Å². The van der Waals surface area contributed by atoms with Gasteiger partial charge in [0.1, 0.15) is 5.75 Å². The number of hydrogen-bond donors (Lipinski definition) is 1. The van der Waals surface area contributed by atoms with Crippen molar-refractivity contribution < 1.29 is 5.11 Å². The summed E-state index contributed by atoms with van der Waals surface area (Å²) in [5.74, 6) is 0.353. The fourth-order valence-electron chi connectivity index (χ4n) is 3.52. The first-order valence-corrected chi connectivity index (χ1v) is 6.97. The van der Waals surface area contributed by atoms with Crippen LogP contribution in [0.5, 0.6) is 5.75 Å². The van der Waals surface area contributed by atoms with Gasteiger partial charge in [0.2, 0.25) is 0 Å². The Morgan fingerprint density at radius 3 is 1.85 bits per heavy atom. The first kappa shape index (κ1) is 19.1. The van der Waals surface area contributed by atoms with Gasteiger partial charge in [0, 0.05) is 13.1 Å². The van der Waals surface area contributed by atoms with E-state index in [1.807, 2.05) is 6.07 Å². The molecule has 0 fully saturated rings. The minimum atomic E-state index is 0. The highest BCUT2D eigenvalue weighted by atomic mass is 35.5. The SMILES string of the molecule is Cc1ccc(O)c(N(C)C(C(C)(C)C)C(C)(C)C)c1.Cl. The normalized spacial score (nSPS) is 12.2. The van der Waals surface area contributed by atoms with Gasteiger partial charge in [-0.25, -0.2) is 0 Å². The molecule has 0 aromatic heterocycles. The van der Waals surface area contributed by atoms with Gasteiger partial charge in [0.05, 0.1) is 5.69 Å². The number of rotatable bonds is 2. The summed E-state index contributed by atoms with van der Waals surface area (Å²) >= 11 is 0. The Morgan fingerprint density at radius 1 is 1.00 bits per heavy atom. The highest BCUT2D eigenvalue weighted by Crippen LogP contribution is 2.41. The van der Waals surface area contributed by atoms with Crippen molar-refractivity contribution >= 4 is 18.1 Å². The van der Waals surface area contributed by atoms with Gasteiger partial charge in [-0.1, -0.05) is 47.6 Å². The molecule has 1 aromatic carbocycles. The molecular formula is C17H30ClNO. The van der Waals surface area contributed by atoms with Crippen molar-refractivity contribution in [2.24, 2.45) is 10.8 Å². The molecule has 0 aliphatic heterocycles. The van der Waals surface area contributed by atoms with Crippen LogP contribution in [0.3, 0.4) is 0 Å². The zero-order chi connectivity index (χ0) is 15.0. The Hall–Kier alpha value is -0.890. The van der Waals surface area contributed by atoms with Crippen LogP contribution in [0, 0.1) is 17.8 Å². The maximum atomic E-state index is 10.1. The Labute approximate surface area is 130 Å². The molecule has 0 saturated heterocycles. The Kier molecular flexibility index (Phi) is 5.98. The minimum absolute atomic E-state index is 0. The molecule has 0 saturated carbocycles. The van der Waals surface area contributed by atoms with E-state index >= 15 is 0 Å². The molecular weight excluding hydrogens is 270 g/mol. The number of benzene rings is 1. The van der Waals surface area contributed by atoms with Crippen molar-refractivity contribution in [2.75, 3.05) is 11.9 Å². The molecule has 1 aromatic rings. The summed E-state index contributed by atoms with van der Waals surface area (Å²) in [6.45, 7) is 15.6. The van der Waals surface area contributed by atoms with Gasteiger partial charge in [0.25, 0.3) is 0 Å². The zero-order valence-corrected chi connectivity index (χ0v) is 14.9. The second-order valence-corrected chi connectivity index (χ2v) is 7.74. The van der Waals surface area contributed by atoms with Crippen LogP contribution < -0.4 is 4.90 Å². The van der Waals surface area contributed by atoms with Gasteiger partial charge in [-0.05, 0) is 35.4 Å². The second-order valence-electron chi connectivity index (χ2n) is 7.74. The minimum Gasteiger partial charge on any atom is -0.506 e. The molecule has 1 rings (SSSR count). The van der Waals surface area contributed by atoms with E-state index in [2.05, 4.69) is 66.5 Å². The number of hydrogen-bond acceptors (Lipinski definition) is 2. The second kappa shape index (κ2) is 6.26. The molecule has 20 heavy (non-hydrogen) atoms. The van der Waals surface area contributed by atoms with Gasteiger partial charge in [-0.15, -0.1) is 12.4 Å². The summed E-state index contributed by atoms with van der Waals surface area (Å²) in [6, 6.07) is 6.10. The molecule has 0 aliphatic rings. The third-order valence-electron chi connectivity index (χ3n) is 3.54. The van der Waals surface area contributed by atoms with E-state index in [0.29, 0.717) is 11.8 Å². The average molecular weight is 300 g/mol. The Balaban J connectivity index is 0.00000361. The predicted octanol–water partition coefficient (Wildman–Crippen LogP) is 5.02. The molecule has 0 amide bonds.